The van der Waals surface area contributed by atoms with Gasteiger partial charge in [0.2, 0.25) is 0 Å². The van der Waals surface area contributed by atoms with Gasteiger partial charge >= 0.3 is 0 Å². The van der Waals surface area contributed by atoms with Crippen LogP contribution in [0.4, 0.5) is 0 Å². The minimum Gasteiger partial charge on any atom is -0.299 e. The average Bonchev–Trinajstić information content (AvgIpc) is 3.89. The minimum atomic E-state index is 0.914. The maximum Gasteiger partial charge on any atom is 0.145 e. The van der Waals surface area contributed by atoms with Gasteiger partial charge in [-0.3, -0.25) is 8.97 Å². The molecule has 0 fully saturated rings. The third kappa shape index (κ3) is 5.87. The highest BCUT2D eigenvalue weighted by atomic mass is 15.1. The fraction of sp³-hybridized carbons (Fsp3) is 0. The molecule has 0 atom stereocenters. The van der Waals surface area contributed by atoms with Crippen molar-refractivity contribution in [1.82, 2.24) is 18.9 Å². The van der Waals surface area contributed by atoms with Crippen LogP contribution in [-0.4, -0.2) is 18.9 Å². The zero-order valence-electron chi connectivity index (χ0n) is 31.6. The molecule has 0 bridgehead atoms. The van der Waals surface area contributed by atoms with Crippen molar-refractivity contribution in [1.29, 1.82) is 0 Å². The van der Waals surface area contributed by atoms with Crippen LogP contribution in [0.5, 0.6) is 0 Å². The molecule has 3 heterocycles. The van der Waals surface area contributed by atoms with E-state index in [-0.39, 0.29) is 0 Å². The molecule has 3 aromatic heterocycles. The summed E-state index contributed by atoms with van der Waals surface area (Å²) in [7, 11) is 0. The van der Waals surface area contributed by atoms with E-state index in [4.69, 9.17) is 9.97 Å². The van der Waals surface area contributed by atoms with Gasteiger partial charge in [-0.05, 0) is 105 Å². The first-order chi connectivity index (χ1) is 28.7. The Labute approximate surface area is 336 Å². The molecule has 0 radical (unpaired) electrons. The van der Waals surface area contributed by atoms with Gasteiger partial charge in [0.05, 0.1) is 22.4 Å². The lowest BCUT2D eigenvalue weighted by Gasteiger charge is -2.15. The Morgan fingerprint density at radius 3 is 1.86 bits per heavy atom. The van der Waals surface area contributed by atoms with Crippen LogP contribution >= 0.6 is 0 Å². The van der Waals surface area contributed by atoms with E-state index in [2.05, 4.69) is 215 Å². The van der Waals surface area contributed by atoms with Gasteiger partial charge in [-0.15, -0.1) is 0 Å². The molecule has 272 valence electrons. The van der Waals surface area contributed by atoms with E-state index in [1.54, 1.807) is 0 Å². The summed E-state index contributed by atoms with van der Waals surface area (Å²) < 4.78 is 4.45. The topological polar surface area (TPSA) is 35.1 Å². The van der Waals surface area contributed by atoms with Gasteiger partial charge in [-0.1, -0.05) is 152 Å². The highest BCUT2D eigenvalue weighted by Gasteiger charge is 2.18. The van der Waals surface area contributed by atoms with Crippen LogP contribution in [-0.2, 0) is 0 Å². The molecule has 0 spiro atoms. The maximum atomic E-state index is 5.19. The van der Waals surface area contributed by atoms with E-state index in [1.807, 2.05) is 12.1 Å². The molecule has 0 aliphatic heterocycles. The zero-order chi connectivity index (χ0) is 38.4. The van der Waals surface area contributed by atoms with Crippen LogP contribution in [0.25, 0.3) is 100 Å². The van der Waals surface area contributed by atoms with Crippen LogP contribution < -0.4 is 0 Å². The molecule has 0 saturated heterocycles. The van der Waals surface area contributed by atoms with E-state index in [9.17, 15) is 0 Å². The zero-order valence-corrected chi connectivity index (χ0v) is 31.6. The summed E-state index contributed by atoms with van der Waals surface area (Å²) >= 11 is 0. The Kier molecular flexibility index (Phi) is 8.11. The standard InChI is InChI=1S/C54H36N4/c1-3-16-39(17-4-1)52-53(57-32-12-11-27-51(57)56-52)40-30-28-37(29-31-40)43-34-44(36-45(35-43)48-24-14-18-38-15-7-8-23-47(38)48)41-19-13-20-42(33-41)54-55-49-25-9-10-26-50(49)58(54)46-21-5-2-6-22-46/h1-36H. The van der Waals surface area contributed by atoms with E-state index >= 15 is 0 Å². The lowest BCUT2D eigenvalue weighted by molar-refractivity contribution is 1.10. The molecule has 0 unspecified atom stereocenters. The highest BCUT2D eigenvalue weighted by Crippen LogP contribution is 2.39. The summed E-state index contributed by atoms with van der Waals surface area (Å²) in [5, 5.41) is 2.45. The molecule has 0 saturated carbocycles. The molecule has 11 aromatic rings. The van der Waals surface area contributed by atoms with Crippen LogP contribution in [0.15, 0.2) is 219 Å². The first-order valence-corrected chi connectivity index (χ1v) is 19.7. The second-order valence-electron chi connectivity index (χ2n) is 14.7. The van der Waals surface area contributed by atoms with Gasteiger partial charge in [0.25, 0.3) is 0 Å². The molecule has 0 amide bonds. The van der Waals surface area contributed by atoms with Crippen molar-refractivity contribution in [2.24, 2.45) is 0 Å². The summed E-state index contributed by atoms with van der Waals surface area (Å²) in [6, 6.07) is 75.5. The number of benzene rings is 8. The Bertz CT molecular complexity index is 3260. The summed E-state index contributed by atoms with van der Waals surface area (Å²) in [5.74, 6) is 0.914. The Hall–Kier alpha value is -7.82. The molecule has 58 heavy (non-hydrogen) atoms. The fourth-order valence-corrected chi connectivity index (χ4v) is 8.38. The Balaban J connectivity index is 1.07. The van der Waals surface area contributed by atoms with Crippen molar-refractivity contribution in [3.05, 3.63) is 219 Å². The Morgan fingerprint density at radius 1 is 0.379 bits per heavy atom. The first kappa shape index (κ1) is 33.5. The summed E-state index contributed by atoms with van der Waals surface area (Å²) in [6.45, 7) is 0. The predicted octanol–water partition coefficient (Wildman–Crippen LogP) is 13.8. The highest BCUT2D eigenvalue weighted by molar-refractivity contribution is 5.98. The van der Waals surface area contributed by atoms with Crippen LogP contribution in [0.3, 0.4) is 0 Å². The second kappa shape index (κ2) is 14.0. The van der Waals surface area contributed by atoms with Gasteiger partial charge < -0.3 is 0 Å². The number of nitrogens with zero attached hydrogens (tertiary/aromatic N) is 4. The Morgan fingerprint density at radius 2 is 1.00 bits per heavy atom. The largest absolute Gasteiger partial charge is 0.299 e. The second-order valence-corrected chi connectivity index (χ2v) is 14.7. The number of fused-ring (bicyclic) bond motifs is 3. The van der Waals surface area contributed by atoms with Crippen molar-refractivity contribution in [2.45, 2.75) is 0 Å². The number of imidazole rings is 2. The summed E-state index contributed by atoms with van der Waals surface area (Å²) in [4.78, 5) is 10.3. The fourth-order valence-electron chi connectivity index (χ4n) is 8.38. The molecule has 0 N–H and O–H groups in total. The first-order valence-electron chi connectivity index (χ1n) is 19.7. The smallest absolute Gasteiger partial charge is 0.145 e. The lowest BCUT2D eigenvalue weighted by atomic mass is 9.90. The normalized spacial score (nSPS) is 11.4. The van der Waals surface area contributed by atoms with Gasteiger partial charge in [0.1, 0.15) is 11.5 Å². The van der Waals surface area contributed by atoms with E-state index in [1.165, 1.54) is 21.9 Å². The van der Waals surface area contributed by atoms with Crippen LogP contribution in [0, 0.1) is 0 Å². The van der Waals surface area contributed by atoms with Crippen molar-refractivity contribution < 1.29 is 0 Å². The number of hydrogen-bond acceptors (Lipinski definition) is 2. The van der Waals surface area contributed by atoms with E-state index < -0.39 is 0 Å². The minimum absolute atomic E-state index is 0.914. The van der Waals surface area contributed by atoms with E-state index in [0.29, 0.717) is 0 Å². The quantitative estimate of drug-likeness (QED) is 0.163. The molecule has 11 rings (SSSR count). The third-order valence-corrected chi connectivity index (χ3v) is 11.1. The lowest BCUT2D eigenvalue weighted by Crippen LogP contribution is -1.97. The predicted molar refractivity (Wildman–Crippen MR) is 240 cm³/mol. The van der Waals surface area contributed by atoms with Gasteiger partial charge in [0, 0.05) is 28.6 Å². The van der Waals surface area contributed by atoms with Gasteiger partial charge in [-0.2, -0.15) is 0 Å². The van der Waals surface area contributed by atoms with Crippen molar-refractivity contribution in [2.75, 3.05) is 0 Å². The van der Waals surface area contributed by atoms with Crippen molar-refractivity contribution in [3.63, 3.8) is 0 Å². The monoisotopic (exact) mass is 740 g/mol. The average molecular weight is 741 g/mol. The maximum absolute atomic E-state index is 5.19. The molecule has 0 aliphatic carbocycles. The number of aromatic nitrogens is 4. The van der Waals surface area contributed by atoms with Crippen molar-refractivity contribution >= 4 is 27.5 Å². The summed E-state index contributed by atoms with van der Waals surface area (Å²) in [6.07, 6.45) is 2.10. The van der Waals surface area contributed by atoms with Crippen LogP contribution in [0.1, 0.15) is 0 Å². The van der Waals surface area contributed by atoms with Gasteiger partial charge in [-0.25, -0.2) is 9.97 Å². The number of rotatable bonds is 7. The van der Waals surface area contributed by atoms with Crippen molar-refractivity contribution in [3.8, 4) is 73.0 Å². The van der Waals surface area contributed by atoms with Gasteiger partial charge in [0.15, 0.2) is 0 Å². The molecule has 0 aliphatic rings. The SMILES string of the molecule is c1ccc(-c2nc3ccccn3c2-c2ccc(-c3cc(-c4cccc(-c5nc6ccccc6n5-c5ccccc5)c4)cc(-c4cccc5ccccc45)c3)cc2)cc1. The van der Waals surface area contributed by atoms with Crippen LogP contribution in [0.2, 0.25) is 0 Å². The molecule has 4 heteroatoms. The number of hydrogen-bond donors (Lipinski definition) is 0. The number of pyridine rings is 1. The summed E-state index contributed by atoms with van der Waals surface area (Å²) in [5.41, 5.74) is 16.3. The molecule has 8 aromatic carbocycles. The van der Waals surface area contributed by atoms with E-state index in [0.717, 1.165) is 78.5 Å². The molecule has 4 nitrogen and oxygen atoms in total. The molecular weight excluding hydrogens is 705 g/mol. The molecular formula is C54H36N4. The third-order valence-electron chi connectivity index (χ3n) is 11.1. The number of para-hydroxylation sites is 3.